The Morgan fingerprint density at radius 1 is 0.649 bits per heavy atom. The molecule has 0 aliphatic rings. The summed E-state index contributed by atoms with van der Waals surface area (Å²) in [5.41, 5.74) is 3.76. The number of ether oxygens (including phenoxy) is 2. The minimum Gasteiger partial charge on any atom is -0.423 e. The normalized spacial score (nSPS) is 10.7. The van der Waals surface area contributed by atoms with Crippen LogP contribution in [0.25, 0.3) is 11.1 Å². The molecule has 0 saturated heterocycles. The van der Waals surface area contributed by atoms with E-state index in [9.17, 15) is 9.59 Å². The fraction of sp³-hybridized carbons (Fsp3) is 0.455. The summed E-state index contributed by atoms with van der Waals surface area (Å²) >= 11 is 0. The van der Waals surface area contributed by atoms with Gasteiger partial charge in [0.25, 0.3) is 0 Å². The lowest BCUT2D eigenvalue weighted by atomic mass is 9.98. The van der Waals surface area contributed by atoms with Gasteiger partial charge in [0, 0.05) is 11.1 Å². The van der Waals surface area contributed by atoms with E-state index in [-0.39, 0.29) is 0 Å². The summed E-state index contributed by atoms with van der Waals surface area (Å²) in [4.78, 5) is 23.9. The number of benzene rings is 2. The lowest BCUT2D eigenvalue weighted by Crippen LogP contribution is -2.10. The maximum atomic E-state index is 12.2. The van der Waals surface area contributed by atoms with Gasteiger partial charge < -0.3 is 9.47 Å². The number of unbranched alkanes of at least 4 members (excludes halogenated alkanes) is 10. The molecule has 4 heteroatoms. The Kier molecular flexibility index (Phi) is 13.5. The van der Waals surface area contributed by atoms with E-state index in [0.717, 1.165) is 36.0 Å². The zero-order valence-corrected chi connectivity index (χ0v) is 23.1. The zero-order valence-electron chi connectivity index (χ0n) is 23.1. The molecule has 2 rings (SSSR count). The van der Waals surface area contributed by atoms with Crippen molar-refractivity contribution in [3.05, 3.63) is 72.3 Å². The van der Waals surface area contributed by atoms with Gasteiger partial charge >= 0.3 is 11.9 Å². The van der Waals surface area contributed by atoms with E-state index in [1.807, 2.05) is 24.3 Å². The Labute approximate surface area is 223 Å². The highest BCUT2D eigenvalue weighted by Gasteiger charge is 2.12. The standard InChI is InChI=1S/C33H44O4/c1-6-7-8-9-10-11-12-13-14-15-16-17-29-24-28(20-23-31(29)37-33(35)26(4)5)27-18-21-30(22-19-27)36-32(34)25(2)3/h18-24H,2,4,6-17H2,1,3,5H3. The van der Waals surface area contributed by atoms with Crippen LogP contribution in [0.2, 0.25) is 0 Å². The maximum absolute atomic E-state index is 12.2. The molecule has 2 aromatic carbocycles. The largest absolute Gasteiger partial charge is 0.423 e. The average Bonchev–Trinajstić information content (AvgIpc) is 2.88. The molecule has 0 aliphatic heterocycles. The van der Waals surface area contributed by atoms with Crippen molar-refractivity contribution in [1.82, 2.24) is 0 Å². The summed E-state index contributed by atoms with van der Waals surface area (Å²) in [6.07, 6.45) is 15.0. The highest BCUT2D eigenvalue weighted by Crippen LogP contribution is 2.30. The molecule has 4 nitrogen and oxygen atoms in total. The van der Waals surface area contributed by atoms with E-state index in [0.29, 0.717) is 22.6 Å². The van der Waals surface area contributed by atoms with Gasteiger partial charge in [0.05, 0.1) is 0 Å². The molecule has 0 aromatic heterocycles. The van der Waals surface area contributed by atoms with Gasteiger partial charge in [-0.25, -0.2) is 9.59 Å². The molecule has 0 spiro atoms. The van der Waals surface area contributed by atoms with Crippen LogP contribution in [-0.4, -0.2) is 11.9 Å². The Morgan fingerprint density at radius 3 is 1.68 bits per heavy atom. The van der Waals surface area contributed by atoms with E-state index < -0.39 is 11.9 Å². The van der Waals surface area contributed by atoms with Crippen molar-refractivity contribution in [2.75, 3.05) is 0 Å². The Hall–Kier alpha value is -3.14. The molecule has 0 bridgehead atoms. The van der Waals surface area contributed by atoms with Gasteiger partial charge in [-0.15, -0.1) is 0 Å². The molecule has 37 heavy (non-hydrogen) atoms. The number of hydrogen-bond acceptors (Lipinski definition) is 4. The molecular formula is C33H44O4. The lowest BCUT2D eigenvalue weighted by molar-refractivity contribution is -0.131. The fourth-order valence-electron chi connectivity index (χ4n) is 4.13. The van der Waals surface area contributed by atoms with E-state index >= 15 is 0 Å². The van der Waals surface area contributed by atoms with Crippen LogP contribution in [0.15, 0.2) is 66.8 Å². The summed E-state index contributed by atoms with van der Waals surface area (Å²) in [5.74, 6) is 0.225. The van der Waals surface area contributed by atoms with E-state index in [1.54, 1.807) is 26.0 Å². The third kappa shape index (κ3) is 11.2. The minimum atomic E-state index is -0.439. The SMILES string of the molecule is C=C(C)C(=O)Oc1ccc(-c2ccc(OC(=O)C(=C)C)c(CCCCCCCCCCCCC)c2)cc1. The summed E-state index contributed by atoms with van der Waals surface area (Å²) < 4.78 is 10.9. The Morgan fingerprint density at radius 2 is 1.14 bits per heavy atom. The third-order valence-corrected chi connectivity index (χ3v) is 6.41. The first kappa shape index (κ1) is 30.1. The van der Waals surface area contributed by atoms with E-state index in [1.165, 1.54) is 57.8 Å². The quantitative estimate of drug-likeness (QED) is 0.0932. The number of rotatable bonds is 17. The molecule has 0 amide bonds. The van der Waals surface area contributed by atoms with Crippen LogP contribution in [-0.2, 0) is 16.0 Å². The van der Waals surface area contributed by atoms with Crippen LogP contribution < -0.4 is 9.47 Å². The van der Waals surface area contributed by atoms with Crippen molar-refractivity contribution in [3.8, 4) is 22.6 Å². The van der Waals surface area contributed by atoms with Gasteiger partial charge in [-0.1, -0.05) is 102 Å². The van der Waals surface area contributed by atoms with E-state index in [2.05, 4.69) is 26.1 Å². The number of carbonyl (C=O) groups excluding carboxylic acids is 2. The van der Waals surface area contributed by atoms with Gasteiger partial charge in [0.15, 0.2) is 0 Å². The lowest BCUT2D eigenvalue weighted by Gasteiger charge is -2.13. The predicted molar refractivity (Wildman–Crippen MR) is 153 cm³/mol. The van der Waals surface area contributed by atoms with Crippen molar-refractivity contribution >= 4 is 11.9 Å². The van der Waals surface area contributed by atoms with Crippen LogP contribution in [0.4, 0.5) is 0 Å². The predicted octanol–water partition coefficient (Wildman–Crippen LogP) is 9.17. The van der Waals surface area contributed by atoms with Crippen molar-refractivity contribution in [2.45, 2.75) is 97.8 Å². The summed E-state index contributed by atoms with van der Waals surface area (Å²) in [6.45, 7) is 12.8. The van der Waals surface area contributed by atoms with Gasteiger partial charge in [-0.2, -0.15) is 0 Å². The number of carbonyl (C=O) groups is 2. The topological polar surface area (TPSA) is 52.6 Å². The Balaban J connectivity index is 1.97. The fourth-order valence-corrected chi connectivity index (χ4v) is 4.13. The van der Waals surface area contributed by atoms with Gasteiger partial charge in [0.2, 0.25) is 0 Å². The first-order valence-electron chi connectivity index (χ1n) is 13.8. The molecule has 0 unspecified atom stereocenters. The number of esters is 2. The van der Waals surface area contributed by atoms with Crippen LogP contribution >= 0.6 is 0 Å². The highest BCUT2D eigenvalue weighted by atomic mass is 16.5. The van der Waals surface area contributed by atoms with Crippen LogP contribution in [0, 0.1) is 0 Å². The first-order valence-corrected chi connectivity index (χ1v) is 13.8. The van der Waals surface area contributed by atoms with Crippen molar-refractivity contribution < 1.29 is 19.1 Å². The van der Waals surface area contributed by atoms with Crippen LogP contribution in [0.1, 0.15) is 97.0 Å². The average molecular weight is 505 g/mol. The second-order valence-electron chi connectivity index (χ2n) is 9.97. The van der Waals surface area contributed by atoms with Crippen molar-refractivity contribution in [1.29, 1.82) is 0 Å². The molecule has 0 atom stereocenters. The summed E-state index contributed by atoms with van der Waals surface area (Å²) in [5, 5.41) is 0. The maximum Gasteiger partial charge on any atom is 0.338 e. The molecule has 0 radical (unpaired) electrons. The zero-order chi connectivity index (χ0) is 27.0. The van der Waals surface area contributed by atoms with E-state index in [4.69, 9.17) is 9.47 Å². The van der Waals surface area contributed by atoms with Crippen molar-refractivity contribution in [2.24, 2.45) is 0 Å². The first-order chi connectivity index (χ1) is 17.8. The number of hydrogen-bond donors (Lipinski definition) is 0. The molecule has 0 fully saturated rings. The molecule has 0 heterocycles. The summed E-state index contributed by atoms with van der Waals surface area (Å²) in [6, 6.07) is 13.3. The smallest absolute Gasteiger partial charge is 0.338 e. The second kappa shape index (κ2) is 16.6. The minimum absolute atomic E-state index is 0.357. The van der Waals surface area contributed by atoms with Crippen LogP contribution in [0.3, 0.4) is 0 Å². The molecule has 0 N–H and O–H groups in total. The van der Waals surface area contributed by atoms with Gasteiger partial charge in [-0.05, 0) is 67.6 Å². The van der Waals surface area contributed by atoms with Gasteiger partial charge in [-0.3, -0.25) is 0 Å². The summed E-state index contributed by atoms with van der Waals surface area (Å²) in [7, 11) is 0. The Bertz CT molecular complexity index is 1030. The second-order valence-corrected chi connectivity index (χ2v) is 9.97. The third-order valence-electron chi connectivity index (χ3n) is 6.41. The molecule has 0 aliphatic carbocycles. The molecule has 0 saturated carbocycles. The van der Waals surface area contributed by atoms with Crippen molar-refractivity contribution in [3.63, 3.8) is 0 Å². The molecular weight excluding hydrogens is 460 g/mol. The molecule has 200 valence electrons. The highest BCUT2D eigenvalue weighted by molar-refractivity contribution is 5.89. The number of aryl methyl sites for hydroxylation is 1. The monoisotopic (exact) mass is 504 g/mol. The molecule has 2 aromatic rings. The van der Waals surface area contributed by atoms with Crippen LogP contribution in [0.5, 0.6) is 11.5 Å². The van der Waals surface area contributed by atoms with Gasteiger partial charge in [0.1, 0.15) is 11.5 Å².